The van der Waals surface area contributed by atoms with Crippen LogP contribution in [0.1, 0.15) is 39.0 Å². The summed E-state index contributed by atoms with van der Waals surface area (Å²) in [6, 6.07) is 8.64. The molecule has 0 fully saturated rings. The fourth-order valence-corrected chi connectivity index (χ4v) is 5.16. The Morgan fingerprint density at radius 2 is 1.78 bits per heavy atom. The van der Waals surface area contributed by atoms with Crippen molar-refractivity contribution in [2.75, 3.05) is 6.54 Å². The van der Waals surface area contributed by atoms with Gasteiger partial charge in [-0.3, -0.25) is 9.58 Å². The molecule has 0 radical (unpaired) electrons. The van der Waals surface area contributed by atoms with Crippen molar-refractivity contribution < 1.29 is 23.1 Å². The highest BCUT2D eigenvalue weighted by Gasteiger charge is 2.52. The minimum atomic E-state index is -4.45. The number of alkyl halides is 3. The second-order valence-corrected chi connectivity index (χ2v) is 10.2. The van der Waals surface area contributed by atoms with Crippen molar-refractivity contribution in [2.45, 2.75) is 46.0 Å². The van der Waals surface area contributed by atoms with Crippen molar-refractivity contribution in [3.63, 3.8) is 0 Å². The molecule has 0 bridgehead atoms. The van der Waals surface area contributed by atoms with E-state index in [9.17, 15) is 23.1 Å². The number of rotatable bonds is 2. The summed E-state index contributed by atoms with van der Waals surface area (Å²) < 4.78 is 41.6. The van der Waals surface area contributed by atoms with Crippen LogP contribution in [0.25, 0.3) is 33.4 Å². The molecule has 3 aromatic heterocycles. The summed E-state index contributed by atoms with van der Waals surface area (Å²) in [5, 5.41) is 15.8. The van der Waals surface area contributed by atoms with Gasteiger partial charge in [0, 0.05) is 35.5 Å². The van der Waals surface area contributed by atoms with E-state index in [1.165, 1.54) is 17.0 Å². The molecule has 5 rings (SSSR count). The molecule has 0 saturated heterocycles. The van der Waals surface area contributed by atoms with Gasteiger partial charge in [0.2, 0.25) is 0 Å². The number of halogens is 3. The Morgan fingerprint density at radius 3 is 2.39 bits per heavy atom. The highest BCUT2D eigenvalue weighted by molar-refractivity contribution is 5.98. The quantitative estimate of drug-likeness (QED) is 0.337. The van der Waals surface area contributed by atoms with Crippen molar-refractivity contribution in [1.82, 2.24) is 24.6 Å². The Morgan fingerprint density at radius 1 is 1.08 bits per heavy atom. The number of nitrogens with one attached hydrogen (secondary N) is 1. The SMILES string of the molecule is CC(C)(C)C1(C)c2c(-c3ccnc4[nH]ccc34)c(-c3ccc(C(F)(F)F)cc3)nn2CCN1C(=O)O. The number of pyridine rings is 1. The number of aromatic nitrogens is 4. The molecule has 188 valence electrons. The van der Waals surface area contributed by atoms with Crippen LogP contribution in [0.4, 0.5) is 18.0 Å². The monoisotopic (exact) mass is 497 g/mol. The van der Waals surface area contributed by atoms with Crippen molar-refractivity contribution in [3.8, 4) is 22.4 Å². The third-order valence-corrected chi connectivity index (χ3v) is 7.40. The van der Waals surface area contributed by atoms with Gasteiger partial charge < -0.3 is 10.1 Å². The molecule has 1 atom stereocenters. The molecule has 4 heterocycles. The van der Waals surface area contributed by atoms with E-state index in [-0.39, 0.29) is 6.54 Å². The molecule has 1 aliphatic heterocycles. The van der Waals surface area contributed by atoms with E-state index in [0.717, 1.165) is 23.1 Å². The van der Waals surface area contributed by atoms with Crippen molar-refractivity contribution >= 4 is 17.1 Å². The van der Waals surface area contributed by atoms with E-state index in [0.29, 0.717) is 34.7 Å². The first-order valence-corrected chi connectivity index (χ1v) is 11.6. The lowest BCUT2D eigenvalue weighted by atomic mass is 9.69. The molecule has 1 aromatic carbocycles. The molecular formula is C26H26F3N5O2. The first-order chi connectivity index (χ1) is 16.8. The van der Waals surface area contributed by atoms with Crippen LogP contribution in [0.2, 0.25) is 0 Å². The molecule has 36 heavy (non-hydrogen) atoms. The van der Waals surface area contributed by atoms with Gasteiger partial charge in [0.15, 0.2) is 0 Å². The molecule has 1 aliphatic rings. The summed E-state index contributed by atoms with van der Waals surface area (Å²) in [6.45, 7) is 8.38. The maximum absolute atomic E-state index is 13.3. The maximum atomic E-state index is 13.3. The third kappa shape index (κ3) is 3.46. The maximum Gasteiger partial charge on any atom is 0.416 e. The zero-order valence-electron chi connectivity index (χ0n) is 20.3. The average Bonchev–Trinajstić information content (AvgIpc) is 3.43. The summed E-state index contributed by atoms with van der Waals surface area (Å²) in [5.74, 6) is 0. The molecular weight excluding hydrogens is 471 g/mol. The number of carboxylic acid groups (broad SMARTS) is 1. The largest absolute Gasteiger partial charge is 0.465 e. The average molecular weight is 498 g/mol. The highest BCUT2D eigenvalue weighted by Crippen LogP contribution is 2.52. The van der Waals surface area contributed by atoms with Crippen LogP contribution in [0.15, 0.2) is 48.8 Å². The second kappa shape index (κ2) is 7.84. The number of aromatic amines is 1. The van der Waals surface area contributed by atoms with Crippen molar-refractivity contribution in [3.05, 3.63) is 60.0 Å². The van der Waals surface area contributed by atoms with Crippen LogP contribution >= 0.6 is 0 Å². The first kappa shape index (κ1) is 23.9. The molecule has 0 aliphatic carbocycles. The van der Waals surface area contributed by atoms with Crippen LogP contribution in [-0.4, -0.2) is 42.4 Å². The van der Waals surface area contributed by atoms with Crippen molar-refractivity contribution in [1.29, 1.82) is 0 Å². The Hall–Kier alpha value is -3.82. The fraction of sp³-hybridized carbons (Fsp3) is 0.346. The number of hydrogen-bond acceptors (Lipinski definition) is 3. The lowest BCUT2D eigenvalue weighted by Crippen LogP contribution is -2.59. The topological polar surface area (TPSA) is 87.0 Å². The van der Waals surface area contributed by atoms with Crippen LogP contribution in [0, 0.1) is 5.41 Å². The number of amides is 1. The Kier molecular flexibility index (Phi) is 5.21. The Bertz CT molecular complexity index is 1460. The number of benzene rings is 1. The van der Waals surface area contributed by atoms with Gasteiger partial charge in [0.25, 0.3) is 0 Å². The predicted octanol–water partition coefficient (Wildman–Crippen LogP) is 6.37. The minimum Gasteiger partial charge on any atom is -0.465 e. The molecule has 2 N–H and O–H groups in total. The zero-order chi connectivity index (χ0) is 26.0. The molecule has 1 unspecified atom stereocenters. The van der Waals surface area contributed by atoms with Gasteiger partial charge >= 0.3 is 12.3 Å². The standard InChI is InChI=1S/C26H26F3N5O2/c1-24(2,3)25(4)21-19(17-9-11-30-22-18(17)10-12-31-22)20(32-34(21)14-13-33(25)23(35)36)15-5-7-16(8-6-15)26(27,28)29/h5-12H,13-14H2,1-4H3,(H,30,31)(H,35,36). The predicted molar refractivity (Wildman–Crippen MR) is 129 cm³/mol. The highest BCUT2D eigenvalue weighted by atomic mass is 19.4. The molecule has 1 amide bonds. The fourth-order valence-electron chi connectivity index (χ4n) is 5.16. The van der Waals surface area contributed by atoms with Crippen molar-refractivity contribution in [2.24, 2.45) is 5.41 Å². The van der Waals surface area contributed by atoms with E-state index >= 15 is 0 Å². The summed E-state index contributed by atoms with van der Waals surface area (Å²) in [4.78, 5) is 21.3. The number of hydrogen-bond donors (Lipinski definition) is 2. The molecule has 7 nitrogen and oxygen atoms in total. The van der Waals surface area contributed by atoms with Gasteiger partial charge in [-0.05, 0) is 42.2 Å². The summed E-state index contributed by atoms with van der Waals surface area (Å²) in [6.07, 6.45) is -2.07. The number of fused-ring (bicyclic) bond motifs is 2. The molecule has 10 heteroatoms. The lowest BCUT2D eigenvalue weighted by molar-refractivity contribution is -0.137. The molecule has 0 saturated carbocycles. The third-order valence-electron chi connectivity index (χ3n) is 7.40. The number of carbonyl (C=O) groups is 1. The van der Waals surface area contributed by atoms with Gasteiger partial charge in [-0.1, -0.05) is 32.9 Å². The Labute approximate surface area is 205 Å². The number of nitrogens with zero attached hydrogens (tertiary/aromatic N) is 4. The van der Waals surface area contributed by atoms with Gasteiger partial charge in [-0.15, -0.1) is 0 Å². The van der Waals surface area contributed by atoms with Crippen LogP contribution in [0.5, 0.6) is 0 Å². The smallest absolute Gasteiger partial charge is 0.416 e. The minimum absolute atomic E-state index is 0.236. The van der Waals surface area contributed by atoms with Crippen LogP contribution in [0.3, 0.4) is 0 Å². The summed E-state index contributed by atoms with van der Waals surface area (Å²) >= 11 is 0. The van der Waals surface area contributed by atoms with E-state index in [4.69, 9.17) is 5.10 Å². The zero-order valence-corrected chi connectivity index (χ0v) is 20.3. The number of H-pyrrole nitrogens is 1. The summed E-state index contributed by atoms with van der Waals surface area (Å²) in [5.41, 5.74) is 1.54. The lowest BCUT2D eigenvalue weighted by Gasteiger charge is -2.51. The van der Waals surface area contributed by atoms with Gasteiger partial charge in [-0.25, -0.2) is 9.78 Å². The van der Waals surface area contributed by atoms with Gasteiger partial charge in [0.1, 0.15) is 11.3 Å². The van der Waals surface area contributed by atoms with Crippen LogP contribution < -0.4 is 0 Å². The first-order valence-electron chi connectivity index (χ1n) is 11.6. The molecule has 0 spiro atoms. The van der Waals surface area contributed by atoms with Gasteiger partial charge in [0.05, 0.1) is 23.3 Å². The summed E-state index contributed by atoms with van der Waals surface area (Å²) in [7, 11) is 0. The van der Waals surface area contributed by atoms with Crippen LogP contribution in [-0.2, 0) is 18.3 Å². The van der Waals surface area contributed by atoms with E-state index in [1.54, 1.807) is 12.4 Å². The van der Waals surface area contributed by atoms with E-state index in [1.807, 2.05) is 44.5 Å². The normalized spacial score (nSPS) is 18.5. The molecule has 4 aromatic rings. The van der Waals surface area contributed by atoms with E-state index in [2.05, 4.69) is 9.97 Å². The Balaban J connectivity index is 1.86. The second-order valence-electron chi connectivity index (χ2n) is 10.2. The van der Waals surface area contributed by atoms with E-state index < -0.39 is 28.8 Å². The van der Waals surface area contributed by atoms with Gasteiger partial charge in [-0.2, -0.15) is 18.3 Å².